The zero-order valence-electron chi connectivity index (χ0n) is 13.0. The van der Waals surface area contributed by atoms with Crippen molar-refractivity contribution < 1.29 is 19.5 Å². The molecule has 0 saturated carbocycles. The summed E-state index contributed by atoms with van der Waals surface area (Å²) in [6.07, 6.45) is 0.789. The number of urea groups is 1. The smallest absolute Gasteiger partial charge is 0.319 e. The van der Waals surface area contributed by atoms with Crippen molar-refractivity contribution in [1.82, 2.24) is 5.32 Å². The molecular formula is C15H20ClN3O4. The molecule has 3 amide bonds. The number of rotatable bonds is 7. The fourth-order valence-electron chi connectivity index (χ4n) is 2.09. The number of anilines is 1. The lowest BCUT2D eigenvalue weighted by molar-refractivity contribution is -0.149. The summed E-state index contributed by atoms with van der Waals surface area (Å²) in [5.74, 6) is -1.66. The molecule has 0 radical (unpaired) electrons. The van der Waals surface area contributed by atoms with Gasteiger partial charge in [0.15, 0.2) is 0 Å². The summed E-state index contributed by atoms with van der Waals surface area (Å²) >= 11 is 5.83. The summed E-state index contributed by atoms with van der Waals surface area (Å²) in [6, 6.07) is 3.74. The first-order valence-electron chi connectivity index (χ1n) is 7.13. The highest BCUT2D eigenvalue weighted by Gasteiger charge is 2.35. The average molecular weight is 342 g/mol. The van der Waals surface area contributed by atoms with Gasteiger partial charge in [0.05, 0.1) is 16.0 Å². The van der Waals surface area contributed by atoms with E-state index in [4.69, 9.17) is 17.3 Å². The Kier molecular flexibility index (Phi) is 6.38. The molecule has 0 aliphatic heterocycles. The van der Waals surface area contributed by atoms with Crippen LogP contribution in [0.15, 0.2) is 18.2 Å². The molecule has 0 aromatic heterocycles. The van der Waals surface area contributed by atoms with E-state index in [9.17, 15) is 19.5 Å². The topological polar surface area (TPSA) is 122 Å². The summed E-state index contributed by atoms with van der Waals surface area (Å²) in [5.41, 5.74) is 4.60. The molecule has 0 bridgehead atoms. The third-order valence-electron chi connectivity index (χ3n) is 3.88. The van der Waals surface area contributed by atoms with E-state index in [1.807, 2.05) is 0 Å². The maximum absolute atomic E-state index is 11.9. The lowest BCUT2D eigenvalue weighted by Crippen LogP contribution is -2.43. The molecule has 5 N–H and O–H groups in total. The quantitative estimate of drug-likeness (QED) is 0.608. The molecule has 1 aromatic rings. The minimum Gasteiger partial charge on any atom is -0.481 e. The van der Waals surface area contributed by atoms with Gasteiger partial charge in [0.2, 0.25) is 5.91 Å². The van der Waals surface area contributed by atoms with Crippen LogP contribution in [0.4, 0.5) is 10.5 Å². The van der Waals surface area contributed by atoms with Gasteiger partial charge in [-0.3, -0.25) is 9.59 Å². The molecule has 7 nitrogen and oxygen atoms in total. The van der Waals surface area contributed by atoms with Crippen molar-refractivity contribution in [2.75, 3.05) is 11.9 Å². The molecule has 0 aliphatic carbocycles. The Labute approximate surface area is 139 Å². The summed E-state index contributed by atoms with van der Waals surface area (Å²) in [5, 5.41) is 14.6. The van der Waals surface area contributed by atoms with Crippen LogP contribution >= 0.6 is 11.6 Å². The first-order valence-corrected chi connectivity index (χ1v) is 7.51. The van der Waals surface area contributed by atoms with Crippen LogP contribution in [0.2, 0.25) is 5.02 Å². The minimum absolute atomic E-state index is 0.00255. The van der Waals surface area contributed by atoms with E-state index < -0.39 is 23.3 Å². The first-order chi connectivity index (χ1) is 10.8. The number of carbonyl (C=O) groups is 3. The fraction of sp³-hybridized carbons (Fsp3) is 0.400. The highest BCUT2D eigenvalue weighted by Crippen LogP contribution is 2.26. The SMILES string of the molecule is CCC(CC)(CNC(=O)Nc1ccc(Cl)c(C(N)=O)c1)C(=O)O. The molecule has 23 heavy (non-hydrogen) atoms. The fourth-order valence-corrected chi connectivity index (χ4v) is 2.31. The second kappa shape index (κ2) is 7.82. The molecule has 1 aromatic carbocycles. The molecule has 0 spiro atoms. The van der Waals surface area contributed by atoms with Crippen molar-refractivity contribution >= 4 is 35.2 Å². The highest BCUT2D eigenvalue weighted by atomic mass is 35.5. The largest absolute Gasteiger partial charge is 0.481 e. The number of amides is 3. The number of aliphatic carboxylic acids is 1. The lowest BCUT2D eigenvalue weighted by atomic mass is 9.82. The van der Waals surface area contributed by atoms with Crippen LogP contribution in [-0.4, -0.2) is 29.6 Å². The van der Waals surface area contributed by atoms with Gasteiger partial charge in [-0.15, -0.1) is 0 Å². The third kappa shape index (κ3) is 4.59. The monoisotopic (exact) mass is 341 g/mol. The summed E-state index contributed by atoms with van der Waals surface area (Å²) < 4.78 is 0. The van der Waals surface area contributed by atoms with Gasteiger partial charge in [0, 0.05) is 12.2 Å². The molecule has 1 rings (SSSR count). The van der Waals surface area contributed by atoms with E-state index >= 15 is 0 Å². The van der Waals surface area contributed by atoms with Crippen LogP contribution in [0.25, 0.3) is 0 Å². The Morgan fingerprint density at radius 2 is 1.87 bits per heavy atom. The van der Waals surface area contributed by atoms with E-state index in [2.05, 4.69) is 10.6 Å². The van der Waals surface area contributed by atoms with Gasteiger partial charge in [-0.1, -0.05) is 25.4 Å². The van der Waals surface area contributed by atoms with Gasteiger partial charge in [-0.25, -0.2) is 4.79 Å². The molecule has 0 atom stereocenters. The van der Waals surface area contributed by atoms with Crippen LogP contribution in [0.5, 0.6) is 0 Å². The second-order valence-corrected chi connectivity index (χ2v) is 5.57. The molecule has 0 unspecified atom stereocenters. The Morgan fingerprint density at radius 3 is 2.35 bits per heavy atom. The van der Waals surface area contributed by atoms with Crippen molar-refractivity contribution in [2.45, 2.75) is 26.7 Å². The van der Waals surface area contributed by atoms with Crippen LogP contribution in [0.3, 0.4) is 0 Å². The van der Waals surface area contributed by atoms with Crippen LogP contribution in [0, 0.1) is 5.41 Å². The van der Waals surface area contributed by atoms with Gasteiger partial charge in [0.1, 0.15) is 0 Å². The standard InChI is InChI=1S/C15H20ClN3O4/c1-3-15(4-2,13(21)22)8-18-14(23)19-9-5-6-11(16)10(7-9)12(17)20/h5-7H,3-4,8H2,1-2H3,(H2,17,20)(H,21,22)(H2,18,19,23). The molecule has 0 heterocycles. The van der Waals surface area contributed by atoms with Crippen molar-refractivity contribution in [3.05, 3.63) is 28.8 Å². The van der Waals surface area contributed by atoms with E-state index in [1.54, 1.807) is 13.8 Å². The molecule has 0 fully saturated rings. The number of primary amides is 1. The Bertz CT molecular complexity index is 615. The Hall–Kier alpha value is -2.28. The number of benzene rings is 1. The van der Waals surface area contributed by atoms with Crippen molar-refractivity contribution in [3.8, 4) is 0 Å². The number of nitrogens with two attached hydrogens (primary N) is 1. The van der Waals surface area contributed by atoms with Crippen LogP contribution in [0.1, 0.15) is 37.0 Å². The third-order valence-corrected chi connectivity index (χ3v) is 4.21. The highest BCUT2D eigenvalue weighted by molar-refractivity contribution is 6.33. The summed E-state index contributed by atoms with van der Waals surface area (Å²) in [6.45, 7) is 3.52. The number of halogens is 1. The zero-order valence-corrected chi connectivity index (χ0v) is 13.7. The van der Waals surface area contributed by atoms with Crippen LogP contribution < -0.4 is 16.4 Å². The van der Waals surface area contributed by atoms with Crippen molar-refractivity contribution in [1.29, 1.82) is 0 Å². The van der Waals surface area contributed by atoms with E-state index in [1.165, 1.54) is 18.2 Å². The number of nitrogens with one attached hydrogen (secondary N) is 2. The van der Waals surface area contributed by atoms with Crippen LogP contribution in [-0.2, 0) is 4.79 Å². The molecular weight excluding hydrogens is 322 g/mol. The maximum atomic E-state index is 11.9. The van der Waals surface area contributed by atoms with Gasteiger partial charge < -0.3 is 21.5 Å². The number of carboxylic acid groups (broad SMARTS) is 1. The number of carbonyl (C=O) groups excluding carboxylic acids is 2. The molecule has 126 valence electrons. The van der Waals surface area contributed by atoms with E-state index in [0.29, 0.717) is 18.5 Å². The van der Waals surface area contributed by atoms with Gasteiger partial charge in [0.25, 0.3) is 0 Å². The lowest BCUT2D eigenvalue weighted by Gasteiger charge is -2.26. The van der Waals surface area contributed by atoms with Gasteiger partial charge >= 0.3 is 12.0 Å². The van der Waals surface area contributed by atoms with Gasteiger partial charge in [-0.05, 0) is 31.0 Å². The average Bonchev–Trinajstić information content (AvgIpc) is 2.50. The number of hydrogen-bond acceptors (Lipinski definition) is 3. The van der Waals surface area contributed by atoms with Crippen molar-refractivity contribution in [3.63, 3.8) is 0 Å². The van der Waals surface area contributed by atoms with E-state index in [-0.39, 0.29) is 17.1 Å². The molecule has 0 saturated heterocycles. The Morgan fingerprint density at radius 1 is 1.26 bits per heavy atom. The predicted octanol–water partition coefficient (Wildman–Crippen LogP) is 2.45. The summed E-state index contributed by atoms with van der Waals surface area (Å²) in [7, 11) is 0. The number of hydrogen-bond donors (Lipinski definition) is 4. The van der Waals surface area contributed by atoms with Crippen molar-refractivity contribution in [2.24, 2.45) is 11.1 Å². The first kappa shape index (κ1) is 18.8. The molecule has 0 aliphatic rings. The van der Waals surface area contributed by atoms with Gasteiger partial charge in [-0.2, -0.15) is 0 Å². The zero-order chi connectivity index (χ0) is 17.6. The normalized spacial score (nSPS) is 10.9. The van der Waals surface area contributed by atoms with E-state index in [0.717, 1.165) is 0 Å². The molecule has 8 heteroatoms. The number of carboxylic acids is 1. The predicted molar refractivity (Wildman–Crippen MR) is 87.6 cm³/mol. The minimum atomic E-state index is -1.00. The summed E-state index contributed by atoms with van der Waals surface area (Å²) in [4.78, 5) is 34.5. The Balaban J connectivity index is 2.76. The second-order valence-electron chi connectivity index (χ2n) is 5.16. The maximum Gasteiger partial charge on any atom is 0.319 e.